The summed E-state index contributed by atoms with van der Waals surface area (Å²) in [7, 11) is 0. The van der Waals surface area contributed by atoms with E-state index in [-0.39, 0.29) is 18.1 Å². The van der Waals surface area contributed by atoms with Gasteiger partial charge in [-0.2, -0.15) is 0 Å². The predicted octanol–water partition coefficient (Wildman–Crippen LogP) is 1.13. The molecule has 0 aromatic carbocycles. The zero-order valence-corrected chi connectivity index (χ0v) is 10.5. The van der Waals surface area contributed by atoms with Crippen LogP contribution in [0.4, 0.5) is 0 Å². The summed E-state index contributed by atoms with van der Waals surface area (Å²) in [6.45, 7) is 2.78. The van der Waals surface area contributed by atoms with E-state index in [2.05, 4.69) is 5.32 Å². The Morgan fingerprint density at radius 3 is 2.94 bits per heavy atom. The van der Waals surface area contributed by atoms with Crippen LogP contribution in [-0.2, 0) is 9.53 Å². The summed E-state index contributed by atoms with van der Waals surface area (Å²) >= 11 is 4.86. The van der Waals surface area contributed by atoms with Crippen molar-refractivity contribution in [3.8, 4) is 0 Å². The van der Waals surface area contributed by atoms with Gasteiger partial charge in [-0.05, 0) is 25.7 Å². The van der Waals surface area contributed by atoms with Gasteiger partial charge in [0.25, 0.3) is 0 Å². The maximum Gasteiger partial charge on any atom is 0.220 e. The molecule has 2 unspecified atom stereocenters. The van der Waals surface area contributed by atoms with Crippen LogP contribution in [0.5, 0.6) is 0 Å². The molecule has 5 heteroatoms. The van der Waals surface area contributed by atoms with Gasteiger partial charge in [0.1, 0.15) is 0 Å². The lowest BCUT2D eigenvalue weighted by Crippen LogP contribution is -2.43. The molecule has 2 atom stereocenters. The summed E-state index contributed by atoms with van der Waals surface area (Å²) in [5.41, 5.74) is 5.51. The SMILES string of the molecule is CCC(NC(=O)CCC1CCCO1)C(N)=S. The number of amides is 1. The molecule has 1 rings (SSSR count). The number of nitrogens with one attached hydrogen (secondary N) is 1. The number of thiocarbonyl (C=S) groups is 1. The molecule has 0 aromatic heterocycles. The highest BCUT2D eigenvalue weighted by Gasteiger charge is 2.18. The van der Waals surface area contributed by atoms with Gasteiger partial charge in [-0.25, -0.2) is 0 Å². The molecular formula is C11H20N2O2S. The predicted molar refractivity (Wildman–Crippen MR) is 67.2 cm³/mol. The Balaban J connectivity index is 2.21. The maximum absolute atomic E-state index is 11.6. The lowest BCUT2D eigenvalue weighted by atomic mass is 10.1. The molecule has 0 aliphatic carbocycles. The average Bonchev–Trinajstić information content (AvgIpc) is 2.75. The number of hydrogen-bond acceptors (Lipinski definition) is 3. The minimum absolute atomic E-state index is 0.00940. The molecular weight excluding hydrogens is 224 g/mol. The van der Waals surface area contributed by atoms with Crippen LogP contribution < -0.4 is 11.1 Å². The summed E-state index contributed by atoms with van der Waals surface area (Å²) in [6, 6.07) is -0.174. The van der Waals surface area contributed by atoms with Gasteiger partial charge < -0.3 is 15.8 Å². The third-order valence-corrected chi connectivity index (χ3v) is 3.09. The molecule has 4 nitrogen and oxygen atoms in total. The van der Waals surface area contributed by atoms with Crippen molar-refractivity contribution in [1.82, 2.24) is 5.32 Å². The van der Waals surface area contributed by atoms with E-state index < -0.39 is 0 Å². The maximum atomic E-state index is 11.6. The first-order valence-corrected chi connectivity index (χ1v) is 6.24. The van der Waals surface area contributed by atoms with Gasteiger partial charge in [-0.3, -0.25) is 4.79 Å². The Labute approximate surface area is 102 Å². The summed E-state index contributed by atoms with van der Waals surface area (Å²) in [5, 5.41) is 2.83. The van der Waals surface area contributed by atoms with Crippen LogP contribution in [0.25, 0.3) is 0 Å². The van der Waals surface area contributed by atoms with Gasteiger partial charge in [0, 0.05) is 13.0 Å². The zero-order chi connectivity index (χ0) is 12.0. The molecule has 1 aliphatic heterocycles. The molecule has 0 spiro atoms. The third-order valence-electron chi connectivity index (χ3n) is 2.80. The van der Waals surface area contributed by atoms with Crippen LogP contribution >= 0.6 is 12.2 Å². The van der Waals surface area contributed by atoms with Crippen molar-refractivity contribution >= 4 is 23.1 Å². The first-order valence-electron chi connectivity index (χ1n) is 5.83. The second kappa shape index (κ2) is 6.81. The number of ether oxygens (including phenoxy) is 1. The Morgan fingerprint density at radius 2 is 2.44 bits per heavy atom. The largest absolute Gasteiger partial charge is 0.392 e. The fraction of sp³-hybridized carbons (Fsp3) is 0.818. The second-order valence-corrected chi connectivity index (χ2v) is 4.58. The molecule has 1 saturated heterocycles. The summed E-state index contributed by atoms with van der Waals surface area (Å²) in [6.07, 6.45) is 4.46. The van der Waals surface area contributed by atoms with Gasteiger partial charge in [0.05, 0.1) is 17.1 Å². The number of carbonyl (C=O) groups is 1. The Bertz CT molecular complexity index is 252. The van der Waals surface area contributed by atoms with Crippen molar-refractivity contribution in [2.45, 2.75) is 51.2 Å². The van der Waals surface area contributed by atoms with Crippen molar-refractivity contribution in [3.05, 3.63) is 0 Å². The Hall–Kier alpha value is -0.680. The normalized spacial score (nSPS) is 21.7. The highest BCUT2D eigenvalue weighted by molar-refractivity contribution is 7.80. The molecule has 0 saturated carbocycles. The van der Waals surface area contributed by atoms with Crippen LogP contribution in [0.2, 0.25) is 0 Å². The van der Waals surface area contributed by atoms with Crippen LogP contribution in [0.15, 0.2) is 0 Å². The van der Waals surface area contributed by atoms with Gasteiger partial charge in [-0.1, -0.05) is 19.1 Å². The topological polar surface area (TPSA) is 64.3 Å². The molecule has 3 N–H and O–H groups in total. The first kappa shape index (κ1) is 13.4. The minimum Gasteiger partial charge on any atom is -0.392 e. The summed E-state index contributed by atoms with van der Waals surface area (Å²) < 4.78 is 5.45. The molecule has 0 bridgehead atoms. The van der Waals surface area contributed by atoms with E-state index in [0.29, 0.717) is 11.4 Å². The van der Waals surface area contributed by atoms with Crippen molar-refractivity contribution in [1.29, 1.82) is 0 Å². The lowest BCUT2D eigenvalue weighted by Gasteiger charge is -2.16. The Kier molecular flexibility index (Phi) is 5.69. The molecule has 16 heavy (non-hydrogen) atoms. The van der Waals surface area contributed by atoms with E-state index in [9.17, 15) is 4.79 Å². The quantitative estimate of drug-likeness (QED) is 0.687. The molecule has 0 radical (unpaired) electrons. The molecule has 1 aliphatic rings. The fourth-order valence-electron chi connectivity index (χ4n) is 1.80. The fourth-order valence-corrected chi connectivity index (χ4v) is 2.03. The highest BCUT2D eigenvalue weighted by Crippen LogP contribution is 2.16. The number of carbonyl (C=O) groups excluding carboxylic acids is 1. The van der Waals surface area contributed by atoms with E-state index in [1.165, 1.54) is 0 Å². The van der Waals surface area contributed by atoms with Gasteiger partial charge in [0.15, 0.2) is 0 Å². The standard InChI is InChI=1S/C11H20N2O2S/c1-2-9(11(12)16)13-10(14)6-5-8-4-3-7-15-8/h8-9H,2-7H2,1H3,(H2,12,16)(H,13,14). The van der Waals surface area contributed by atoms with Gasteiger partial charge in [0.2, 0.25) is 5.91 Å². The molecule has 0 aromatic rings. The van der Waals surface area contributed by atoms with Crippen LogP contribution in [0.1, 0.15) is 39.0 Å². The van der Waals surface area contributed by atoms with Crippen LogP contribution in [0.3, 0.4) is 0 Å². The zero-order valence-electron chi connectivity index (χ0n) is 9.70. The van der Waals surface area contributed by atoms with E-state index in [1.807, 2.05) is 6.92 Å². The monoisotopic (exact) mass is 244 g/mol. The number of rotatable bonds is 6. The van der Waals surface area contributed by atoms with Crippen molar-refractivity contribution in [3.63, 3.8) is 0 Å². The number of nitrogens with two attached hydrogens (primary N) is 1. The van der Waals surface area contributed by atoms with Crippen molar-refractivity contribution in [2.24, 2.45) is 5.73 Å². The molecule has 1 fully saturated rings. The second-order valence-electron chi connectivity index (χ2n) is 4.10. The van der Waals surface area contributed by atoms with Gasteiger partial charge in [-0.15, -0.1) is 0 Å². The summed E-state index contributed by atoms with van der Waals surface area (Å²) in [5.74, 6) is 0.00940. The Morgan fingerprint density at radius 1 is 1.69 bits per heavy atom. The van der Waals surface area contributed by atoms with Crippen LogP contribution in [0, 0.1) is 0 Å². The van der Waals surface area contributed by atoms with Crippen molar-refractivity contribution in [2.75, 3.05) is 6.61 Å². The smallest absolute Gasteiger partial charge is 0.220 e. The minimum atomic E-state index is -0.174. The van der Waals surface area contributed by atoms with E-state index in [0.717, 1.165) is 32.3 Å². The molecule has 1 heterocycles. The highest BCUT2D eigenvalue weighted by atomic mass is 32.1. The van der Waals surface area contributed by atoms with E-state index >= 15 is 0 Å². The molecule has 92 valence electrons. The third kappa shape index (κ3) is 4.45. The van der Waals surface area contributed by atoms with E-state index in [1.54, 1.807) is 0 Å². The van der Waals surface area contributed by atoms with Crippen molar-refractivity contribution < 1.29 is 9.53 Å². The lowest BCUT2D eigenvalue weighted by molar-refractivity contribution is -0.122. The number of hydrogen-bond donors (Lipinski definition) is 2. The molecule has 1 amide bonds. The van der Waals surface area contributed by atoms with E-state index in [4.69, 9.17) is 22.7 Å². The van der Waals surface area contributed by atoms with Crippen LogP contribution in [-0.4, -0.2) is 29.6 Å². The van der Waals surface area contributed by atoms with Gasteiger partial charge >= 0.3 is 0 Å². The summed E-state index contributed by atoms with van der Waals surface area (Å²) in [4.78, 5) is 11.9. The average molecular weight is 244 g/mol. The first-order chi connectivity index (χ1) is 7.63.